The first-order valence-corrected chi connectivity index (χ1v) is 5.93. The van der Waals surface area contributed by atoms with Gasteiger partial charge in [-0.2, -0.15) is 5.10 Å². The summed E-state index contributed by atoms with van der Waals surface area (Å²) < 4.78 is 1.82. The number of halogens is 1. The number of nitrogens with zero attached hydrogens (tertiary/aromatic N) is 2. The van der Waals surface area contributed by atoms with Crippen molar-refractivity contribution >= 4 is 11.6 Å². The van der Waals surface area contributed by atoms with Crippen LogP contribution in [-0.2, 0) is 13.6 Å². The molecule has 0 bridgehead atoms. The van der Waals surface area contributed by atoms with Crippen LogP contribution in [0.3, 0.4) is 0 Å². The van der Waals surface area contributed by atoms with Gasteiger partial charge in [-0.25, -0.2) is 0 Å². The minimum atomic E-state index is 0.489. The average molecular weight is 230 g/mol. The van der Waals surface area contributed by atoms with Gasteiger partial charge < -0.3 is 5.32 Å². The van der Waals surface area contributed by atoms with Gasteiger partial charge in [0.15, 0.2) is 0 Å². The molecule has 1 rings (SSSR count). The number of aromatic nitrogens is 2. The first-order valence-electron chi connectivity index (χ1n) is 5.40. The first-order chi connectivity index (χ1) is 7.13. The lowest BCUT2D eigenvalue weighted by Crippen LogP contribution is -2.33. The van der Waals surface area contributed by atoms with Crippen molar-refractivity contribution in [2.45, 2.75) is 32.9 Å². The molecular formula is C11H20ClN3. The van der Waals surface area contributed by atoms with Crippen molar-refractivity contribution < 1.29 is 0 Å². The maximum Gasteiger partial charge on any atom is 0.0534 e. The first kappa shape index (κ1) is 12.5. The van der Waals surface area contributed by atoms with Crippen molar-refractivity contribution in [3.8, 4) is 0 Å². The number of rotatable bonds is 6. The Balaban J connectivity index is 2.39. The fraction of sp³-hybridized carbons (Fsp3) is 0.727. The van der Waals surface area contributed by atoms with E-state index in [1.165, 1.54) is 5.56 Å². The van der Waals surface area contributed by atoms with E-state index >= 15 is 0 Å². The highest BCUT2D eigenvalue weighted by Crippen LogP contribution is 2.08. The van der Waals surface area contributed by atoms with Crippen molar-refractivity contribution in [3.63, 3.8) is 0 Å². The third-order valence-electron chi connectivity index (χ3n) is 2.55. The highest BCUT2D eigenvalue weighted by atomic mass is 35.5. The third kappa shape index (κ3) is 4.22. The molecular weight excluding hydrogens is 210 g/mol. The maximum absolute atomic E-state index is 5.77. The van der Waals surface area contributed by atoms with E-state index < -0.39 is 0 Å². The van der Waals surface area contributed by atoms with Gasteiger partial charge in [-0.1, -0.05) is 13.8 Å². The zero-order valence-corrected chi connectivity index (χ0v) is 10.5. The van der Waals surface area contributed by atoms with E-state index in [1.54, 1.807) is 0 Å². The molecule has 1 atom stereocenters. The Kier molecular flexibility index (Phi) is 5.12. The summed E-state index contributed by atoms with van der Waals surface area (Å²) in [5, 5.41) is 7.65. The highest BCUT2D eigenvalue weighted by Gasteiger charge is 2.11. The SMILES string of the molecule is CC(C)C(CCCl)NCc1cnn(C)c1. The van der Waals surface area contributed by atoms with Crippen LogP contribution in [0, 0.1) is 5.92 Å². The predicted octanol–water partition coefficient (Wildman–Crippen LogP) is 2.16. The molecule has 3 nitrogen and oxygen atoms in total. The number of hydrogen-bond donors (Lipinski definition) is 1. The van der Waals surface area contributed by atoms with Gasteiger partial charge in [0.25, 0.3) is 0 Å². The molecule has 15 heavy (non-hydrogen) atoms. The van der Waals surface area contributed by atoms with Crippen LogP contribution in [0.2, 0.25) is 0 Å². The van der Waals surface area contributed by atoms with Gasteiger partial charge in [0.2, 0.25) is 0 Å². The summed E-state index contributed by atoms with van der Waals surface area (Å²) in [5.74, 6) is 1.32. The molecule has 0 aliphatic heterocycles. The van der Waals surface area contributed by atoms with Crippen LogP contribution in [0.1, 0.15) is 25.8 Å². The molecule has 0 aromatic carbocycles. The van der Waals surface area contributed by atoms with E-state index in [9.17, 15) is 0 Å². The summed E-state index contributed by atoms with van der Waals surface area (Å²) in [4.78, 5) is 0. The van der Waals surface area contributed by atoms with E-state index in [4.69, 9.17) is 11.6 Å². The molecule has 1 heterocycles. The fourth-order valence-electron chi connectivity index (χ4n) is 1.60. The normalized spacial score (nSPS) is 13.4. The van der Waals surface area contributed by atoms with Crippen molar-refractivity contribution in [2.24, 2.45) is 13.0 Å². The Bertz CT molecular complexity index is 283. The second kappa shape index (κ2) is 6.13. The molecule has 0 spiro atoms. The molecule has 86 valence electrons. The molecule has 0 aliphatic rings. The van der Waals surface area contributed by atoms with Crippen molar-refractivity contribution in [1.82, 2.24) is 15.1 Å². The monoisotopic (exact) mass is 229 g/mol. The second-order valence-electron chi connectivity index (χ2n) is 4.23. The topological polar surface area (TPSA) is 29.9 Å². The minimum absolute atomic E-state index is 0.489. The van der Waals surface area contributed by atoms with Crippen LogP contribution in [0.15, 0.2) is 12.4 Å². The van der Waals surface area contributed by atoms with Crippen LogP contribution in [-0.4, -0.2) is 21.7 Å². The zero-order chi connectivity index (χ0) is 11.3. The van der Waals surface area contributed by atoms with Gasteiger partial charge >= 0.3 is 0 Å². The molecule has 1 N–H and O–H groups in total. The van der Waals surface area contributed by atoms with E-state index in [1.807, 2.05) is 24.1 Å². The van der Waals surface area contributed by atoms with Crippen molar-refractivity contribution in [1.29, 1.82) is 0 Å². The van der Waals surface area contributed by atoms with Gasteiger partial charge in [-0.3, -0.25) is 4.68 Å². The second-order valence-corrected chi connectivity index (χ2v) is 4.61. The summed E-state index contributed by atoms with van der Waals surface area (Å²) in [7, 11) is 1.93. The van der Waals surface area contributed by atoms with E-state index in [0.29, 0.717) is 17.8 Å². The smallest absolute Gasteiger partial charge is 0.0534 e. The fourth-order valence-corrected chi connectivity index (χ4v) is 1.84. The Morgan fingerprint density at radius 3 is 2.73 bits per heavy atom. The summed E-state index contributed by atoms with van der Waals surface area (Å²) in [6, 6.07) is 0.489. The highest BCUT2D eigenvalue weighted by molar-refractivity contribution is 6.17. The maximum atomic E-state index is 5.77. The predicted molar refractivity (Wildman–Crippen MR) is 64.0 cm³/mol. The molecule has 0 saturated heterocycles. The van der Waals surface area contributed by atoms with E-state index in [2.05, 4.69) is 24.3 Å². The molecule has 4 heteroatoms. The third-order valence-corrected chi connectivity index (χ3v) is 2.77. The van der Waals surface area contributed by atoms with Crippen LogP contribution >= 0.6 is 11.6 Å². The lowest BCUT2D eigenvalue weighted by molar-refractivity contribution is 0.389. The molecule has 0 saturated carbocycles. The minimum Gasteiger partial charge on any atom is -0.310 e. The molecule has 0 amide bonds. The van der Waals surface area contributed by atoms with E-state index in [-0.39, 0.29) is 0 Å². The van der Waals surface area contributed by atoms with E-state index in [0.717, 1.165) is 13.0 Å². The standard InChI is InChI=1S/C11H20ClN3/c1-9(2)11(4-5-12)13-6-10-7-14-15(3)8-10/h7-9,11,13H,4-6H2,1-3H3. The zero-order valence-electron chi connectivity index (χ0n) is 9.70. The van der Waals surface area contributed by atoms with Crippen LogP contribution in [0.25, 0.3) is 0 Å². The van der Waals surface area contributed by atoms with Gasteiger partial charge in [0, 0.05) is 37.3 Å². The Morgan fingerprint density at radius 1 is 1.53 bits per heavy atom. The summed E-state index contributed by atoms with van der Waals surface area (Å²) in [6.45, 7) is 5.30. The molecule has 1 aromatic rings. The van der Waals surface area contributed by atoms with Gasteiger partial charge in [-0.05, 0) is 12.3 Å². The lowest BCUT2D eigenvalue weighted by atomic mass is 10.0. The summed E-state index contributed by atoms with van der Waals surface area (Å²) in [5.41, 5.74) is 1.22. The van der Waals surface area contributed by atoms with Gasteiger partial charge in [0.1, 0.15) is 0 Å². The van der Waals surface area contributed by atoms with Crippen LogP contribution < -0.4 is 5.32 Å². The molecule has 1 aromatic heterocycles. The Hall–Kier alpha value is -0.540. The van der Waals surface area contributed by atoms with Gasteiger partial charge in [0.05, 0.1) is 6.20 Å². The van der Waals surface area contributed by atoms with Crippen LogP contribution in [0.4, 0.5) is 0 Å². The Labute approximate surface area is 96.8 Å². The van der Waals surface area contributed by atoms with Crippen LogP contribution in [0.5, 0.6) is 0 Å². The van der Waals surface area contributed by atoms with Gasteiger partial charge in [-0.15, -0.1) is 11.6 Å². The van der Waals surface area contributed by atoms with Crippen molar-refractivity contribution in [3.05, 3.63) is 18.0 Å². The number of alkyl halides is 1. The number of aryl methyl sites for hydroxylation is 1. The molecule has 0 radical (unpaired) electrons. The number of nitrogens with one attached hydrogen (secondary N) is 1. The largest absolute Gasteiger partial charge is 0.310 e. The summed E-state index contributed by atoms with van der Waals surface area (Å²) >= 11 is 5.77. The summed E-state index contributed by atoms with van der Waals surface area (Å²) in [6.07, 6.45) is 4.94. The number of hydrogen-bond acceptors (Lipinski definition) is 2. The Morgan fingerprint density at radius 2 is 2.27 bits per heavy atom. The molecule has 0 aliphatic carbocycles. The van der Waals surface area contributed by atoms with Crippen molar-refractivity contribution in [2.75, 3.05) is 5.88 Å². The average Bonchev–Trinajstić information content (AvgIpc) is 2.58. The molecule has 1 unspecified atom stereocenters. The lowest BCUT2D eigenvalue weighted by Gasteiger charge is -2.21. The quantitative estimate of drug-likeness (QED) is 0.758. The molecule has 0 fully saturated rings.